The topological polar surface area (TPSA) is 0 Å². The largest absolute Gasteiger partial charge is 0.0693 e. The summed E-state index contributed by atoms with van der Waals surface area (Å²) in [6.45, 7) is 14.9. The van der Waals surface area contributed by atoms with Crippen molar-refractivity contribution in [3.05, 3.63) is 0 Å². The Morgan fingerprint density at radius 3 is 1.18 bits per heavy atom. The van der Waals surface area contributed by atoms with Crippen LogP contribution in [0, 0.1) is 0 Å². The first kappa shape index (κ1) is 12.3. The van der Waals surface area contributed by atoms with E-state index in [0.717, 1.165) is 12.2 Å². The molecule has 0 fully saturated rings. The Kier molecular flexibility index (Phi) is 4.53. The Balaban J connectivity index is 4.43. The van der Waals surface area contributed by atoms with Crippen molar-refractivity contribution in [2.24, 2.45) is 0 Å². The highest BCUT2D eigenvalue weighted by molar-refractivity contribution is 9.37. The molecule has 0 aliphatic rings. The minimum Gasteiger partial charge on any atom is -0.0693 e. The first-order valence-corrected chi connectivity index (χ1v) is 14.5. The van der Waals surface area contributed by atoms with Crippen LogP contribution in [0.3, 0.4) is 0 Å². The molecule has 0 aromatic carbocycles. The molecular formula is C7H20BrPSi2. The van der Waals surface area contributed by atoms with E-state index in [1.807, 2.05) is 0 Å². The second-order valence-electron chi connectivity index (χ2n) is 5.27. The van der Waals surface area contributed by atoms with E-state index in [1.54, 1.807) is 0 Å². The van der Waals surface area contributed by atoms with Crippen LogP contribution in [0.25, 0.3) is 0 Å². The van der Waals surface area contributed by atoms with E-state index >= 15 is 0 Å². The SMILES string of the molecule is C[Si](C)(C)C(PBr)[Si](C)(C)C. The van der Waals surface area contributed by atoms with Gasteiger partial charge in [-0.05, 0) is 4.91 Å². The molecule has 0 aliphatic carbocycles. The molecule has 0 saturated heterocycles. The van der Waals surface area contributed by atoms with Crippen LogP contribution in [0.5, 0.6) is 0 Å². The lowest BCUT2D eigenvalue weighted by atomic mass is 11.7. The van der Waals surface area contributed by atoms with Gasteiger partial charge in [-0.3, -0.25) is 0 Å². The fourth-order valence-electron chi connectivity index (χ4n) is 1.63. The van der Waals surface area contributed by atoms with Crippen molar-refractivity contribution in [3.63, 3.8) is 0 Å². The fraction of sp³-hybridized carbons (Fsp3) is 1.00. The zero-order valence-electron chi connectivity index (χ0n) is 8.46. The molecular weight excluding hydrogens is 251 g/mol. The third-order valence-electron chi connectivity index (χ3n) is 1.84. The second kappa shape index (κ2) is 4.03. The zero-order chi connectivity index (χ0) is 9.28. The van der Waals surface area contributed by atoms with Crippen molar-refractivity contribution in [2.75, 3.05) is 0 Å². The van der Waals surface area contributed by atoms with E-state index in [4.69, 9.17) is 0 Å². The number of rotatable bonds is 3. The summed E-state index contributed by atoms with van der Waals surface area (Å²) in [4.78, 5) is 1.04. The van der Waals surface area contributed by atoms with E-state index in [0.29, 0.717) is 0 Å². The lowest BCUT2D eigenvalue weighted by Crippen LogP contribution is -2.50. The van der Waals surface area contributed by atoms with E-state index in [9.17, 15) is 0 Å². The third kappa shape index (κ3) is 4.21. The summed E-state index contributed by atoms with van der Waals surface area (Å²) in [5, 5.41) is 0. The standard InChI is InChI=1S/C7H20BrPSi2/c1-10(2,3)7(9-8)11(4,5)6/h7,9H,1-6H3. The highest BCUT2D eigenvalue weighted by Crippen LogP contribution is 2.39. The van der Waals surface area contributed by atoms with Crippen molar-refractivity contribution in [2.45, 2.75) is 44.2 Å². The molecule has 0 amide bonds. The fourth-order valence-corrected chi connectivity index (χ4v) is 27.0. The van der Waals surface area contributed by atoms with Gasteiger partial charge in [-0.1, -0.05) is 62.1 Å². The molecule has 4 heteroatoms. The Labute approximate surface area is 83.1 Å². The van der Waals surface area contributed by atoms with Crippen molar-refractivity contribution in [1.82, 2.24) is 0 Å². The number of halogens is 1. The van der Waals surface area contributed by atoms with Crippen LogP contribution in [0.4, 0.5) is 0 Å². The van der Waals surface area contributed by atoms with E-state index in [1.165, 1.54) is 0 Å². The van der Waals surface area contributed by atoms with Crippen LogP contribution in [-0.2, 0) is 0 Å². The van der Waals surface area contributed by atoms with Gasteiger partial charge in [0, 0.05) is 16.1 Å². The van der Waals surface area contributed by atoms with Crippen molar-refractivity contribution < 1.29 is 0 Å². The zero-order valence-corrected chi connectivity index (χ0v) is 13.0. The minimum absolute atomic E-state index is 0.895. The molecule has 0 spiro atoms. The van der Waals surface area contributed by atoms with Gasteiger partial charge in [0.2, 0.25) is 0 Å². The van der Waals surface area contributed by atoms with E-state index in [2.05, 4.69) is 54.8 Å². The summed E-state index contributed by atoms with van der Waals surface area (Å²) in [7, 11) is -0.802. The Bertz CT molecular complexity index is 111. The maximum absolute atomic E-state index is 3.68. The van der Waals surface area contributed by atoms with Crippen LogP contribution in [-0.4, -0.2) is 21.1 Å². The summed E-state index contributed by atoms with van der Waals surface area (Å²) >= 11 is 3.68. The first-order chi connectivity index (χ1) is 4.69. The predicted molar refractivity (Wildman–Crippen MR) is 67.7 cm³/mol. The molecule has 0 aromatic rings. The average Bonchev–Trinajstić information content (AvgIpc) is 1.56. The Morgan fingerprint density at radius 2 is 1.18 bits per heavy atom. The maximum Gasteiger partial charge on any atom is 0.0498 e. The van der Waals surface area contributed by atoms with Crippen LogP contribution >= 0.6 is 22.8 Å². The molecule has 1 unspecified atom stereocenters. The Hall–Kier alpha value is 1.34. The van der Waals surface area contributed by atoms with E-state index in [-0.39, 0.29) is 0 Å². The average molecular weight is 271 g/mol. The summed E-state index contributed by atoms with van der Waals surface area (Å²) in [6.07, 6.45) is 0. The molecule has 0 rings (SSSR count). The van der Waals surface area contributed by atoms with Gasteiger partial charge in [0.25, 0.3) is 0 Å². The van der Waals surface area contributed by atoms with Gasteiger partial charge in [0.05, 0.1) is 0 Å². The number of hydrogen-bond acceptors (Lipinski definition) is 0. The monoisotopic (exact) mass is 270 g/mol. The molecule has 1 atom stereocenters. The summed E-state index contributed by atoms with van der Waals surface area (Å²) in [5.74, 6) is 0. The van der Waals surface area contributed by atoms with Gasteiger partial charge in [0.15, 0.2) is 0 Å². The number of hydrogen-bond donors (Lipinski definition) is 0. The van der Waals surface area contributed by atoms with Gasteiger partial charge < -0.3 is 0 Å². The van der Waals surface area contributed by atoms with Crippen molar-refractivity contribution >= 4 is 38.9 Å². The first-order valence-electron chi connectivity index (χ1n) is 4.06. The summed E-state index contributed by atoms with van der Waals surface area (Å²) in [5.41, 5.74) is 0. The highest BCUT2D eigenvalue weighted by atomic mass is 79.9. The molecule has 0 nitrogen and oxygen atoms in total. The van der Waals surface area contributed by atoms with Gasteiger partial charge in [-0.2, -0.15) is 0 Å². The molecule has 0 aliphatic heterocycles. The minimum atomic E-state index is -0.895. The van der Waals surface area contributed by atoms with Crippen molar-refractivity contribution in [1.29, 1.82) is 0 Å². The molecule has 0 bridgehead atoms. The molecule has 0 N–H and O–H groups in total. The molecule has 0 radical (unpaired) electrons. The molecule has 68 valence electrons. The third-order valence-corrected chi connectivity index (χ3v) is 20.7. The lowest BCUT2D eigenvalue weighted by molar-refractivity contribution is 1.47. The van der Waals surface area contributed by atoms with Crippen LogP contribution in [0.15, 0.2) is 0 Å². The van der Waals surface area contributed by atoms with Crippen LogP contribution < -0.4 is 0 Å². The molecule has 0 aromatic heterocycles. The Morgan fingerprint density at radius 1 is 0.909 bits per heavy atom. The lowest BCUT2D eigenvalue weighted by Gasteiger charge is -2.36. The normalized spacial score (nSPS) is 15.3. The second-order valence-corrected chi connectivity index (χ2v) is 19.8. The molecule has 0 heterocycles. The van der Waals surface area contributed by atoms with Gasteiger partial charge >= 0.3 is 0 Å². The highest BCUT2D eigenvalue weighted by Gasteiger charge is 2.36. The van der Waals surface area contributed by atoms with Gasteiger partial charge in [-0.15, -0.1) is 0 Å². The van der Waals surface area contributed by atoms with E-state index < -0.39 is 16.1 Å². The van der Waals surface area contributed by atoms with Crippen molar-refractivity contribution in [3.8, 4) is 0 Å². The summed E-state index contributed by atoms with van der Waals surface area (Å²) < 4.78 is 0. The van der Waals surface area contributed by atoms with Crippen LogP contribution in [0.1, 0.15) is 0 Å². The molecule has 0 saturated carbocycles. The maximum atomic E-state index is 3.68. The van der Waals surface area contributed by atoms with Gasteiger partial charge in [0.1, 0.15) is 0 Å². The molecule has 11 heavy (non-hydrogen) atoms. The van der Waals surface area contributed by atoms with Gasteiger partial charge in [-0.25, -0.2) is 0 Å². The van der Waals surface area contributed by atoms with Crippen LogP contribution in [0.2, 0.25) is 39.3 Å². The predicted octanol–water partition coefficient (Wildman–Crippen LogP) is 4.10. The quantitative estimate of drug-likeness (QED) is 0.535. The summed E-state index contributed by atoms with van der Waals surface area (Å²) in [6, 6.07) is 0. The smallest absolute Gasteiger partial charge is 0.0498 e.